The molecule has 0 saturated heterocycles. The minimum Gasteiger partial charge on any atom is -0.748 e. The zero-order valence-electron chi connectivity index (χ0n) is 31.3. The molecule has 16 unspecified atom stereocenters. The van der Waals surface area contributed by atoms with Crippen LogP contribution in [0.4, 0.5) is 0 Å². The van der Waals surface area contributed by atoms with E-state index in [9.17, 15) is 51.9 Å². The molecule has 0 aromatic rings. The Balaban J connectivity index is 1.57. The second-order valence-electron chi connectivity index (χ2n) is 15.4. The van der Waals surface area contributed by atoms with E-state index in [0.29, 0.717) is 0 Å². The third kappa shape index (κ3) is 10.9. The molecular weight excluding hydrogens is 801 g/mol. The number of ether oxygens (including phenoxy) is 4. The molecule has 0 radical (unpaired) electrons. The zero-order chi connectivity index (χ0) is 40.6. The van der Waals surface area contributed by atoms with Crippen molar-refractivity contribution >= 4 is 40.5 Å². The summed E-state index contributed by atoms with van der Waals surface area (Å²) in [6.45, 7) is 1.79. The Kier molecular flexibility index (Phi) is 15.4. The van der Waals surface area contributed by atoms with Gasteiger partial charge in [0.15, 0.2) is 0 Å². The highest BCUT2D eigenvalue weighted by atomic mass is 32.2. The molecule has 4 fully saturated rings. The van der Waals surface area contributed by atoms with E-state index < -0.39 is 122 Å². The topological polar surface area (TPSA) is 317 Å². The first kappa shape index (κ1) is 46.0. The summed E-state index contributed by atoms with van der Waals surface area (Å²) in [6.07, 6.45) is -2.69. The van der Waals surface area contributed by atoms with Gasteiger partial charge in [-0.25, -0.2) is 16.8 Å². The third-order valence-electron chi connectivity index (χ3n) is 12.5. The highest BCUT2D eigenvalue weighted by molar-refractivity contribution is 7.87. The van der Waals surface area contributed by atoms with Gasteiger partial charge in [-0.2, -0.15) is 16.8 Å². The summed E-state index contributed by atoms with van der Waals surface area (Å²) in [5, 5.41) is 3.77. The van der Waals surface area contributed by atoms with Crippen molar-refractivity contribution in [2.75, 3.05) is 35.5 Å². The fourth-order valence-electron chi connectivity index (χ4n) is 9.66. The van der Waals surface area contributed by atoms with Crippen molar-refractivity contribution in [3.05, 3.63) is 0 Å². The number of hydrogen-bond acceptors (Lipinski definition) is 16. The SMILES string of the molecule is CNC1CC(OC)C([NH2+]C2CC(OC)C(NC3CC(OC)C([NH2+]C4CC(OC)C(C)CC4S(=O)(=O)[O-])CC3S(=O)(=O)O)CC2S(=O)(=O)[O-])CC1S(=O)(=O)O. The van der Waals surface area contributed by atoms with Crippen LogP contribution in [0.5, 0.6) is 0 Å². The predicted octanol–water partition coefficient (Wildman–Crippen LogP) is -4.29. The monoisotopic (exact) mass is 858 g/mol. The minimum atomic E-state index is -5.00. The molecule has 4 saturated carbocycles. The van der Waals surface area contributed by atoms with Crippen molar-refractivity contribution in [2.24, 2.45) is 5.92 Å². The van der Waals surface area contributed by atoms with Crippen molar-refractivity contribution < 1.29 is 81.5 Å². The highest BCUT2D eigenvalue weighted by Gasteiger charge is 2.52. The number of quaternary nitrogens is 2. The van der Waals surface area contributed by atoms with Gasteiger partial charge in [-0.05, 0) is 38.6 Å². The molecule has 4 aliphatic carbocycles. The van der Waals surface area contributed by atoms with Gasteiger partial charge in [0.25, 0.3) is 20.2 Å². The molecule has 0 aromatic heterocycles. The maximum atomic E-state index is 12.9. The van der Waals surface area contributed by atoms with E-state index in [1.807, 2.05) is 0 Å². The minimum absolute atomic E-state index is 0.0293. The summed E-state index contributed by atoms with van der Waals surface area (Å²) in [5.74, 6) is -0.219. The van der Waals surface area contributed by atoms with E-state index in [1.165, 1.54) is 28.4 Å². The van der Waals surface area contributed by atoms with Crippen LogP contribution in [0.2, 0.25) is 0 Å². The first-order valence-electron chi connectivity index (χ1n) is 18.0. The Hall–Kier alpha value is -0.680. The largest absolute Gasteiger partial charge is 0.748 e. The van der Waals surface area contributed by atoms with Crippen molar-refractivity contribution in [1.29, 1.82) is 0 Å². The van der Waals surface area contributed by atoms with Gasteiger partial charge in [-0.1, -0.05) is 6.92 Å². The molecule has 0 bridgehead atoms. The fourth-order valence-corrected chi connectivity index (χ4v) is 14.1. The molecule has 0 aliphatic heterocycles. The molecule has 0 spiro atoms. The van der Waals surface area contributed by atoms with E-state index in [1.54, 1.807) is 24.6 Å². The number of rotatable bonds is 15. The Morgan fingerprint density at radius 2 is 0.926 bits per heavy atom. The maximum absolute atomic E-state index is 12.9. The molecule has 0 aromatic carbocycles. The summed E-state index contributed by atoms with van der Waals surface area (Å²) in [5.41, 5.74) is 0. The third-order valence-corrected chi connectivity index (χ3v) is 17.6. The van der Waals surface area contributed by atoms with Gasteiger partial charge in [0.2, 0.25) is 0 Å². The molecule has 8 N–H and O–H groups in total. The van der Waals surface area contributed by atoms with Gasteiger partial charge in [0.1, 0.15) is 77.6 Å². The highest BCUT2D eigenvalue weighted by Crippen LogP contribution is 2.33. The second-order valence-corrected chi connectivity index (χ2v) is 21.9. The quantitative estimate of drug-likeness (QED) is 0.0849. The lowest BCUT2D eigenvalue weighted by Gasteiger charge is -2.47. The molecular formula is C30H58N4O16S4. The lowest BCUT2D eigenvalue weighted by atomic mass is 9.81. The molecule has 4 rings (SSSR count). The fraction of sp³-hybridized carbons (Fsp3) is 1.00. The molecule has 16 atom stereocenters. The summed E-state index contributed by atoms with van der Waals surface area (Å²) in [6, 6.07) is -5.67. The standard InChI is InChI=1S/C30H58N4O16S4/c1-15-7-27(51(35,36)37)20(9-23(15)47-3)32-17-13-29(53(41,42)43)22(11-25(17)49-5)34-18-14-30(54(44,45)46)21(10-26(18)50-6)33-16-12-28(52(38,39)40)19(31-2)8-24(16)48-4/h15-34H,7-14H2,1-6H3,(H,35,36,37)(H,38,39,40)(H,41,42,43)(H,44,45,46). The van der Waals surface area contributed by atoms with Crippen molar-refractivity contribution in [3.8, 4) is 0 Å². The number of nitrogens with two attached hydrogens (primary N) is 2. The normalized spacial score (nSPS) is 41.7. The number of hydrogen-bond donors (Lipinski definition) is 6. The predicted molar refractivity (Wildman–Crippen MR) is 189 cm³/mol. The van der Waals surface area contributed by atoms with Crippen LogP contribution in [-0.2, 0) is 59.4 Å². The Labute approximate surface area is 318 Å². The smallest absolute Gasteiger partial charge is 0.269 e. The van der Waals surface area contributed by atoms with Gasteiger partial charge in [-0.15, -0.1) is 0 Å². The zero-order valence-corrected chi connectivity index (χ0v) is 34.6. The van der Waals surface area contributed by atoms with Crippen LogP contribution in [-0.4, -0.2) is 175 Å². The van der Waals surface area contributed by atoms with Gasteiger partial charge in [0.05, 0.1) is 12.2 Å². The first-order chi connectivity index (χ1) is 25.0. The first-order valence-corrected chi connectivity index (χ1v) is 24.0. The van der Waals surface area contributed by atoms with E-state index >= 15 is 0 Å². The summed E-state index contributed by atoms with van der Waals surface area (Å²) < 4.78 is 169. The van der Waals surface area contributed by atoms with E-state index in [0.717, 1.165) is 0 Å². The molecule has 318 valence electrons. The van der Waals surface area contributed by atoms with E-state index in [-0.39, 0.29) is 63.4 Å². The average Bonchev–Trinajstić information content (AvgIpc) is 3.07. The maximum Gasteiger partial charge on any atom is 0.269 e. The summed E-state index contributed by atoms with van der Waals surface area (Å²) >= 11 is 0. The molecule has 24 heteroatoms. The van der Waals surface area contributed by atoms with Crippen LogP contribution in [0.1, 0.15) is 58.3 Å². The van der Waals surface area contributed by atoms with Crippen molar-refractivity contribution in [3.63, 3.8) is 0 Å². The van der Waals surface area contributed by atoms with Gasteiger partial charge < -0.3 is 49.3 Å². The van der Waals surface area contributed by atoms with Crippen LogP contribution in [0.15, 0.2) is 0 Å². The van der Waals surface area contributed by atoms with Crippen LogP contribution >= 0.6 is 0 Å². The molecule has 0 amide bonds. The van der Waals surface area contributed by atoms with Crippen LogP contribution in [0, 0.1) is 5.92 Å². The summed E-state index contributed by atoms with van der Waals surface area (Å²) in [7, 11) is -11.8. The number of methoxy groups -OCH3 is 4. The average molecular weight is 859 g/mol. The molecule has 0 heterocycles. The van der Waals surface area contributed by atoms with Crippen LogP contribution < -0.4 is 21.3 Å². The van der Waals surface area contributed by atoms with Crippen molar-refractivity contribution in [2.45, 2.75) is 146 Å². The Bertz CT molecular complexity index is 1700. The van der Waals surface area contributed by atoms with Gasteiger partial charge in [0, 0.05) is 72.2 Å². The van der Waals surface area contributed by atoms with Crippen LogP contribution in [0.3, 0.4) is 0 Å². The lowest BCUT2D eigenvalue weighted by Crippen LogP contribution is -3.01. The molecule has 54 heavy (non-hydrogen) atoms. The molecule has 4 aliphatic rings. The van der Waals surface area contributed by atoms with Gasteiger partial charge in [-0.3, -0.25) is 9.11 Å². The van der Waals surface area contributed by atoms with E-state index in [2.05, 4.69) is 10.6 Å². The summed E-state index contributed by atoms with van der Waals surface area (Å²) in [4.78, 5) is 0. The Morgan fingerprint density at radius 1 is 0.519 bits per heavy atom. The van der Waals surface area contributed by atoms with Gasteiger partial charge >= 0.3 is 0 Å². The van der Waals surface area contributed by atoms with Crippen LogP contribution in [0.25, 0.3) is 0 Å². The molecule has 20 nitrogen and oxygen atoms in total. The van der Waals surface area contributed by atoms with Crippen molar-refractivity contribution in [1.82, 2.24) is 10.6 Å². The lowest BCUT2D eigenvalue weighted by molar-refractivity contribution is -0.732. The second kappa shape index (κ2) is 18.1. The van der Waals surface area contributed by atoms with E-state index in [4.69, 9.17) is 18.9 Å². The number of nitrogens with one attached hydrogen (secondary N) is 2. The Morgan fingerprint density at radius 3 is 1.33 bits per heavy atom.